The predicted octanol–water partition coefficient (Wildman–Crippen LogP) is 4.76. The molecule has 0 spiro atoms. The molecule has 0 aliphatic heterocycles. The van der Waals surface area contributed by atoms with Crippen molar-refractivity contribution in [1.29, 1.82) is 0 Å². The van der Waals surface area contributed by atoms with Gasteiger partial charge in [0.2, 0.25) is 0 Å². The van der Waals surface area contributed by atoms with Crippen molar-refractivity contribution < 1.29 is 8.78 Å². The first-order valence-electron chi connectivity index (χ1n) is 5.40. The molecule has 2 rings (SSSR count). The van der Waals surface area contributed by atoms with Crippen LogP contribution in [-0.4, -0.2) is 4.99 Å². The van der Waals surface area contributed by atoms with E-state index in [-0.39, 0.29) is 20.2 Å². The maximum atomic E-state index is 14.2. The average Bonchev–Trinajstić information content (AvgIpc) is 2.37. The fourth-order valence-electron chi connectivity index (χ4n) is 1.57. The predicted molar refractivity (Wildman–Crippen MR) is 84.7 cm³/mol. The molecule has 0 aliphatic carbocycles. The van der Waals surface area contributed by atoms with Crippen LogP contribution < -0.4 is 11.1 Å². The number of thiocarbonyl (C=S) groups is 1. The van der Waals surface area contributed by atoms with Gasteiger partial charge in [0, 0.05) is 5.56 Å². The molecule has 0 amide bonds. The van der Waals surface area contributed by atoms with Crippen molar-refractivity contribution in [2.45, 2.75) is 0 Å². The van der Waals surface area contributed by atoms with Crippen molar-refractivity contribution in [1.82, 2.24) is 0 Å². The van der Waals surface area contributed by atoms with E-state index >= 15 is 0 Å². The van der Waals surface area contributed by atoms with Gasteiger partial charge >= 0.3 is 0 Å². The highest BCUT2D eigenvalue weighted by Crippen LogP contribution is 2.31. The summed E-state index contributed by atoms with van der Waals surface area (Å²) in [7, 11) is 0. The van der Waals surface area contributed by atoms with Gasteiger partial charge in [-0.05, 0) is 46.3 Å². The number of hydrogen-bond acceptors (Lipinski definition) is 2. The van der Waals surface area contributed by atoms with E-state index in [1.165, 1.54) is 18.2 Å². The summed E-state index contributed by atoms with van der Waals surface area (Å²) in [5.41, 5.74) is 6.44. The number of hydrogen-bond donors (Lipinski definition) is 2. The summed E-state index contributed by atoms with van der Waals surface area (Å²) in [6, 6.07) is 6.85. The smallest absolute Gasteiger partial charge is 0.161 e. The van der Waals surface area contributed by atoms with Crippen LogP contribution in [-0.2, 0) is 0 Å². The quantitative estimate of drug-likeness (QED) is 0.758. The molecule has 7 heteroatoms. The zero-order valence-electron chi connectivity index (χ0n) is 9.88. The van der Waals surface area contributed by atoms with Crippen molar-refractivity contribution >= 4 is 56.1 Å². The topological polar surface area (TPSA) is 38.0 Å². The number of benzene rings is 2. The molecule has 2 aromatic rings. The number of nitrogens with two attached hydrogens (primary N) is 1. The maximum absolute atomic E-state index is 14.2. The second-order valence-corrected chi connectivity index (χ2v) is 5.54. The Balaban J connectivity index is 2.39. The summed E-state index contributed by atoms with van der Waals surface area (Å²) < 4.78 is 27.3. The minimum atomic E-state index is -0.560. The molecular weight excluding hydrogens is 370 g/mol. The highest BCUT2D eigenvalue weighted by molar-refractivity contribution is 9.10. The number of anilines is 2. The largest absolute Gasteiger partial charge is 0.389 e. The molecule has 0 heterocycles. The first-order chi connectivity index (χ1) is 9.40. The Kier molecular flexibility index (Phi) is 4.57. The lowest BCUT2D eigenvalue weighted by Crippen LogP contribution is -2.11. The molecule has 20 heavy (non-hydrogen) atoms. The molecule has 0 saturated heterocycles. The van der Waals surface area contributed by atoms with E-state index in [2.05, 4.69) is 21.2 Å². The molecule has 3 N–H and O–H groups in total. The number of nitrogens with one attached hydrogen (secondary N) is 1. The van der Waals surface area contributed by atoms with E-state index in [9.17, 15) is 8.78 Å². The highest BCUT2D eigenvalue weighted by Gasteiger charge is 2.14. The van der Waals surface area contributed by atoms with Crippen molar-refractivity contribution in [3.8, 4) is 0 Å². The molecule has 0 bridgehead atoms. The van der Waals surface area contributed by atoms with Crippen LogP contribution in [0.3, 0.4) is 0 Å². The van der Waals surface area contributed by atoms with Crippen LogP contribution >= 0.6 is 39.7 Å². The van der Waals surface area contributed by atoms with Gasteiger partial charge in [-0.2, -0.15) is 0 Å². The molecule has 0 fully saturated rings. The summed E-state index contributed by atoms with van der Waals surface area (Å²) in [4.78, 5) is 0.0853. The van der Waals surface area contributed by atoms with E-state index in [1.807, 2.05) is 0 Å². The highest BCUT2D eigenvalue weighted by atomic mass is 79.9. The van der Waals surface area contributed by atoms with E-state index in [0.29, 0.717) is 11.3 Å². The zero-order chi connectivity index (χ0) is 14.9. The molecule has 0 atom stereocenters. The Bertz CT molecular complexity index is 694. The lowest BCUT2D eigenvalue weighted by Gasteiger charge is -2.12. The molecule has 2 aromatic carbocycles. The fourth-order valence-corrected chi connectivity index (χ4v) is 2.65. The van der Waals surface area contributed by atoms with Crippen LogP contribution in [0.5, 0.6) is 0 Å². The van der Waals surface area contributed by atoms with Crippen LogP contribution in [0.25, 0.3) is 0 Å². The van der Waals surface area contributed by atoms with Crippen LogP contribution in [0, 0.1) is 11.6 Å². The van der Waals surface area contributed by atoms with Gasteiger partial charge in [0.1, 0.15) is 10.8 Å². The van der Waals surface area contributed by atoms with Crippen molar-refractivity contribution in [3.63, 3.8) is 0 Å². The third-order valence-electron chi connectivity index (χ3n) is 2.55. The number of halogens is 4. The molecule has 0 unspecified atom stereocenters. The summed E-state index contributed by atoms with van der Waals surface area (Å²) >= 11 is 13.8. The van der Waals surface area contributed by atoms with Gasteiger partial charge in [0.25, 0.3) is 0 Å². The summed E-state index contributed by atoms with van der Waals surface area (Å²) in [5.74, 6) is -1.03. The van der Waals surface area contributed by atoms with E-state index < -0.39 is 11.6 Å². The second kappa shape index (κ2) is 6.03. The third kappa shape index (κ3) is 3.08. The summed E-state index contributed by atoms with van der Waals surface area (Å²) in [6.07, 6.45) is 0. The monoisotopic (exact) mass is 376 g/mol. The van der Waals surface area contributed by atoms with Crippen molar-refractivity contribution in [2.75, 3.05) is 5.32 Å². The van der Waals surface area contributed by atoms with E-state index in [4.69, 9.17) is 29.6 Å². The minimum Gasteiger partial charge on any atom is -0.389 e. The van der Waals surface area contributed by atoms with Gasteiger partial charge in [0.15, 0.2) is 5.82 Å². The molecule has 0 aromatic heterocycles. The Labute approximate surface area is 133 Å². The van der Waals surface area contributed by atoms with Crippen LogP contribution in [0.2, 0.25) is 5.02 Å². The molecular formula is C13H8BrClF2N2S. The Morgan fingerprint density at radius 3 is 2.45 bits per heavy atom. The summed E-state index contributed by atoms with van der Waals surface area (Å²) in [6.45, 7) is 0. The molecule has 2 nitrogen and oxygen atoms in total. The molecule has 0 saturated carbocycles. The van der Waals surface area contributed by atoms with Crippen LogP contribution in [0.4, 0.5) is 20.2 Å². The Hall–Kier alpha value is -1.24. The van der Waals surface area contributed by atoms with Gasteiger partial charge in [0.05, 0.1) is 20.9 Å². The van der Waals surface area contributed by atoms with Crippen molar-refractivity contribution in [3.05, 3.63) is 57.0 Å². The molecule has 104 valence electrons. The first-order valence-corrected chi connectivity index (χ1v) is 6.98. The first kappa shape index (κ1) is 15.2. The van der Waals surface area contributed by atoms with Gasteiger partial charge < -0.3 is 11.1 Å². The SMILES string of the molecule is NC(=S)c1ccc(Nc2ccc(F)cc2Cl)c(F)c1Br. The fraction of sp³-hybridized carbons (Fsp3) is 0. The summed E-state index contributed by atoms with van der Waals surface area (Å²) in [5, 5.41) is 2.94. The Morgan fingerprint density at radius 1 is 1.20 bits per heavy atom. The number of rotatable bonds is 3. The normalized spacial score (nSPS) is 10.4. The zero-order valence-corrected chi connectivity index (χ0v) is 13.0. The van der Waals surface area contributed by atoms with Gasteiger partial charge in [-0.25, -0.2) is 8.78 Å². The maximum Gasteiger partial charge on any atom is 0.161 e. The minimum absolute atomic E-state index is 0.0853. The second-order valence-electron chi connectivity index (χ2n) is 3.90. The standard InChI is InChI=1S/C13H8BrClF2N2S/c14-11-7(13(18)20)2-4-10(12(11)17)19-9-3-1-6(16)5-8(9)15/h1-5,19H,(H2,18,20). The van der Waals surface area contributed by atoms with Crippen LogP contribution in [0.15, 0.2) is 34.8 Å². The molecule has 0 aliphatic rings. The van der Waals surface area contributed by atoms with Gasteiger partial charge in [-0.15, -0.1) is 0 Å². The van der Waals surface area contributed by atoms with Gasteiger partial charge in [-0.3, -0.25) is 0 Å². The van der Waals surface area contributed by atoms with E-state index in [0.717, 1.165) is 6.07 Å². The van der Waals surface area contributed by atoms with Crippen LogP contribution in [0.1, 0.15) is 5.56 Å². The average molecular weight is 378 g/mol. The van der Waals surface area contributed by atoms with E-state index in [1.54, 1.807) is 6.07 Å². The lowest BCUT2D eigenvalue weighted by atomic mass is 10.2. The lowest BCUT2D eigenvalue weighted by molar-refractivity contribution is 0.624. The van der Waals surface area contributed by atoms with Gasteiger partial charge in [-0.1, -0.05) is 23.8 Å². The third-order valence-corrected chi connectivity index (χ3v) is 3.86. The van der Waals surface area contributed by atoms with Crippen molar-refractivity contribution in [2.24, 2.45) is 5.73 Å². The Morgan fingerprint density at radius 2 is 1.85 bits per heavy atom. The molecule has 0 radical (unpaired) electrons.